The highest BCUT2D eigenvalue weighted by molar-refractivity contribution is 14.0. The molecular weight excluding hydrogens is 512 g/mol. The maximum Gasteiger partial charge on any atom is 0.208 e. The Hall–Kier alpha value is -1.02. The average Bonchev–Trinajstić information content (AvgIpc) is 2.67. The fraction of sp³-hybridized carbons (Fsp3) is 0.611. The van der Waals surface area contributed by atoms with Gasteiger partial charge in [-0.25, -0.2) is 17.5 Å². The Bertz CT molecular complexity index is 728. The summed E-state index contributed by atoms with van der Waals surface area (Å²) in [5.41, 5.74) is 1.03. The SMILES string of the molecule is CN=C(NCCCNS(C)(=O)=O)NCC(c1ccc(F)cc1)N1CCOCC1.I. The first-order valence-corrected chi connectivity index (χ1v) is 11.2. The highest BCUT2D eigenvalue weighted by atomic mass is 127. The zero-order chi connectivity index (χ0) is 20.4. The van der Waals surface area contributed by atoms with Crippen molar-refractivity contribution in [3.05, 3.63) is 35.6 Å². The lowest BCUT2D eigenvalue weighted by molar-refractivity contribution is 0.0170. The van der Waals surface area contributed by atoms with Gasteiger partial charge in [-0.15, -0.1) is 24.0 Å². The molecule has 0 amide bonds. The summed E-state index contributed by atoms with van der Waals surface area (Å²) in [6.45, 7) is 4.54. The normalized spacial score (nSPS) is 16.7. The number of hydrogen-bond donors (Lipinski definition) is 3. The van der Waals surface area contributed by atoms with Crippen LogP contribution in [0.15, 0.2) is 29.3 Å². The maximum absolute atomic E-state index is 13.3. The molecule has 8 nitrogen and oxygen atoms in total. The Morgan fingerprint density at radius 2 is 1.86 bits per heavy atom. The fourth-order valence-corrected chi connectivity index (χ4v) is 3.51. The van der Waals surface area contributed by atoms with Gasteiger partial charge in [-0.1, -0.05) is 12.1 Å². The molecule has 1 aromatic carbocycles. The third-order valence-corrected chi connectivity index (χ3v) is 5.17. The first-order valence-electron chi connectivity index (χ1n) is 9.35. The van der Waals surface area contributed by atoms with Gasteiger partial charge < -0.3 is 15.4 Å². The highest BCUT2D eigenvalue weighted by Gasteiger charge is 2.23. The van der Waals surface area contributed by atoms with Crippen molar-refractivity contribution in [2.75, 3.05) is 59.2 Å². The predicted molar refractivity (Wildman–Crippen MR) is 124 cm³/mol. The average molecular weight is 543 g/mol. The minimum atomic E-state index is -3.16. The van der Waals surface area contributed by atoms with E-state index in [9.17, 15) is 12.8 Å². The minimum Gasteiger partial charge on any atom is -0.379 e. The van der Waals surface area contributed by atoms with Crippen LogP contribution >= 0.6 is 24.0 Å². The number of sulfonamides is 1. The zero-order valence-electron chi connectivity index (χ0n) is 16.9. The number of benzene rings is 1. The van der Waals surface area contributed by atoms with Gasteiger partial charge in [0.15, 0.2) is 5.96 Å². The summed E-state index contributed by atoms with van der Waals surface area (Å²) in [5.74, 6) is 0.386. The molecule has 1 heterocycles. The molecular formula is C18H31FIN5O3S. The van der Waals surface area contributed by atoms with E-state index in [2.05, 4.69) is 25.2 Å². The Morgan fingerprint density at radius 3 is 2.45 bits per heavy atom. The van der Waals surface area contributed by atoms with Crippen LogP contribution in [0, 0.1) is 5.82 Å². The molecule has 0 bridgehead atoms. The fourth-order valence-electron chi connectivity index (χ4n) is 3.00. The number of rotatable bonds is 9. The van der Waals surface area contributed by atoms with E-state index < -0.39 is 10.0 Å². The second-order valence-corrected chi connectivity index (χ2v) is 8.45. The summed E-state index contributed by atoms with van der Waals surface area (Å²) >= 11 is 0. The first kappa shape index (κ1) is 26.0. The van der Waals surface area contributed by atoms with E-state index in [0.717, 1.165) is 24.9 Å². The lowest BCUT2D eigenvalue weighted by atomic mass is 10.0. The summed E-state index contributed by atoms with van der Waals surface area (Å²) in [5, 5.41) is 6.49. The van der Waals surface area contributed by atoms with Crippen molar-refractivity contribution in [3.8, 4) is 0 Å². The molecule has 1 aliphatic rings. The molecule has 2 rings (SSSR count). The molecule has 0 saturated carbocycles. The molecule has 166 valence electrons. The number of halogens is 2. The molecule has 1 fully saturated rings. The standard InChI is InChI=1S/C18H30FN5O3S.HI/c1-20-18(21-8-3-9-23-28(2,25)26)22-14-17(24-10-12-27-13-11-24)15-4-6-16(19)7-5-15;/h4-7,17,23H,3,8-14H2,1-2H3,(H2,20,21,22);1H. The smallest absolute Gasteiger partial charge is 0.208 e. The second kappa shape index (κ2) is 13.3. The van der Waals surface area contributed by atoms with Gasteiger partial charge >= 0.3 is 0 Å². The van der Waals surface area contributed by atoms with Crippen LogP contribution in [0.2, 0.25) is 0 Å². The van der Waals surface area contributed by atoms with E-state index in [-0.39, 0.29) is 35.8 Å². The maximum atomic E-state index is 13.3. The number of nitrogens with zero attached hydrogens (tertiary/aromatic N) is 2. The number of aliphatic imine (C=N–C) groups is 1. The molecule has 1 atom stereocenters. The Balaban J connectivity index is 0.00000420. The predicted octanol–water partition coefficient (Wildman–Crippen LogP) is 0.921. The van der Waals surface area contributed by atoms with Crippen LogP contribution in [-0.4, -0.2) is 78.5 Å². The van der Waals surface area contributed by atoms with Gasteiger partial charge in [0, 0.05) is 39.8 Å². The Morgan fingerprint density at radius 1 is 1.21 bits per heavy atom. The number of nitrogens with one attached hydrogen (secondary N) is 3. The van der Waals surface area contributed by atoms with E-state index in [1.165, 1.54) is 12.1 Å². The highest BCUT2D eigenvalue weighted by Crippen LogP contribution is 2.21. The molecule has 29 heavy (non-hydrogen) atoms. The van der Waals surface area contributed by atoms with Gasteiger partial charge in [0.2, 0.25) is 10.0 Å². The van der Waals surface area contributed by atoms with Crippen molar-refractivity contribution < 1.29 is 17.5 Å². The summed E-state index contributed by atoms with van der Waals surface area (Å²) in [6.07, 6.45) is 1.78. The van der Waals surface area contributed by atoms with E-state index in [4.69, 9.17) is 4.74 Å². The first-order chi connectivity index (χ1) is 13.4. The Labute approximate surface area is 189 Å². The number of hydrogen-bond acceptors (Lipinski definition) is 5. The van der Waals surface area contributed by atoms with Crippen LogP contribution in [0.1, 0.15) is 18.0 Å². The van der Waals surface area contributed by atoms with Gasteiger partial charge in [0.25, 0.3) is 0 Å². The van der Waals surface area contributed by atoms with E-state index in [1.807, 2.05) is 12.1 Å². The van der Waals surface area contributed by atoms with Crippen molar-refractivity contribution in [1.29, 1.82) is 0 Å². The molecule has 0 spiro atoms. The van der Waals surface area contributed by atoms with Crippen molar-refractivity contribution >= 4 is 40.0 Å². The summed E-state index contributed by atoms with van der Waals surface area (Å²) in [7, 11) is -1.48. The molecule has 3 N–H and O–H groups in total. The van der Waals surface area contributed by atoms with Crippen LogP contribution in [0.5, 0.6) is 0 Å². The molecule has 1 unspecified atom stereocenters. The number of morpholine rings is 1. The van der Waals surface area contributed by atoms with Crippen LogP contribution < -0.4 is 15.4 Å². The molecule has 1 aliphatic heterocycles. The van der Waals surface area contributed by atoms with Gasteiger partial charge in [-0.3, -0.25) is 9.89 Å². The van der Waals surface area contributed by atoms with E-state index >= 15 is 0 Å². The molecule has 11 heteroatoms. The van der Waals surface area contributed by atoms with Crippen molar-refractivity contribution in [2.45, 2.75) is 12.5 Å². The topological polar surface area (TPSA) is 95.1 Å². The van der Waals surface area contributed by atoms with Crippen LogP contribution in [-0.2, 0) is 14.8 Å². The van der Waals surface area contributed by atoms with E-state index in [1.54, 1.807) is 7.05 Å². The largest absolute Gasteiger partial charge is 0.379 e. The van der Waals surface area contributed by atoms with Crippen molar-refractivity contribution in [1.82, 2.24) is 20.3 Å². The van der Waals surface area contributed by atoms with Crippen molar-refractivity contribution in [2.24, 2.45) is 4.99 Å². The third-order valence-electron chi connectivity index (χ3n) is 4.44. The van der Waals surface area contributed by atoms with Gasteiger partial charge in [0.05, 0.1) is 25.5 Å². The third kappa shape index (κ3) is 10.0. The summed E-state index contributed by atoms with van der Waals surface area (Å²) in [4.78, 5) is 6.52. The van der Waals surface area contributed by atoms with E-state index in [0.29, 0.717) is 45.2 Å². The minimum absolute atomic E-state index is 0. The van der Waals surface area contributed by atoms with Gasteiger partial charge in [-0.05, 0) is 24.1 Å². The van der Waals surface area contributed by atoms with Crippen LogP contribution in [0.3, 0.4) is 0 Å². The molecule has 1 aromatic rings. The Kier molecular flexibility index (Phi) is 11.9. The molecule has 0 aromatic heterocycles. The summed E-state index contributed by atoms with van der Waals surface area (Å²) < 4.78 is 43.3. The zero-order valence-corrected chi connectivity index (χ0v) is 20.0. The van der Waals surface area contributed by atoms with Gasteiger partial charge in [0.1, 0.15) is 5.82 Å². The van der Waals surface area contributed by atoms with Crippen molar-refractivity contribution in [3.63, 3.8) is 0 Å². The van der Waals surface area contributed by atoms with Gasteiger partial charge in [-0.2, -0.15) is 0 Å². The lowest BCUT2D eigenvalue weighted by Gasteiger charge is -2.35. The second-order valence-electron chi connectivity index (χ2n) is 6.62. The summed E-state index contributed by atoms with van der Waals surface area (Å²) in [6, 6.07) is 6.64. The quantitative estimate of drug-likeness (QED) is 0.186. The van der Waals surface area contributed by atoms with Crippen LogP contribution in [0.4, 0.5) is 4.39 Å². The van der Waals surface area contributed by atoms with Crippen LogP contribution in [0.25, 0.3) is 0 Å². The molecule has 0 radical (unpaired) electrons. The monoisotopic (exact) mass is 543 g/mol. The molecule has 0 aliphatic carbocycles. The lowest BCUT2D eigenvalue weighted by Crippen LogP contribution is -2.46. The molecule has 1 saturated heterocycles. The number of guanidine groups is 1. The number of ether oxygens (including phenoxy) is 1.